The summed E-state index contributed by atoms with van der Waals surface area (Å²) in [6.07, 6.45) is 8.72. The van der Waals surface area contributed by atoms with Crippen LogP contribution in [0.25, 0.3) is 0 Å². The van der Waals surface area contributed by atoms with Crippen molar-refractivity contribution in [3.63, 3.8) is 0 Å². The first-order valence-corrected chi connectivity index (χ1v) is 6.14. The Morgan fingerprint density at radius 2 is 1.47 bits per heavy atom. The maximum absolute atomic E-state index is 2.26. The summed E-state index contributed by atoms with van der Waals surface area (Å²) in [5.41, 5.74) is 4.14. The van der Waals surface area contributed by atoms with Crippen molar-refractivity contribution in [1.82, 2.24) is 0 Å². The Labute approximate surface area is 96.1 Å². The molecule has 1 aliphatic carbocycles. The van der Waals surface area contributed by atoms with Gasteiger partial charge in [0, 0.05) is 10.1 Å². The molecule has 0 heterocycles. The van der Waals surface area contributed by atoms with Crippen LogP contribution in [0.15, 0.2) is 41.3 Å². The lowest BCUT2D eigenvalue weighted by Gasteiger charge is -2.12. The minimum Gasteiger partial charge on any atom is -0.114 e. The van der Waals surface area contributed by atoms with Gasteiger partial charge in [-0.25, -0.2) is 0 Å². The molecule has 1 aromatic carbocycles. The highest BCUT2D eigenvalue weighted by atomic mass is 32.2. The minimum atomic E-state index is 0.519. The average Bonchev–Trinajstić information content (AvgIpc) is 2.63. The molecule has 15 heavy (non-hydrogen) atoms. The number of hydrogen-bond donors (Lipinski definition) is 0. The van der Waals surface area contributed by atoms with Crippen molar-refractivity contribution >= 4 is 11.8 Å². The molecule has 0 fully saturated rings. The summed E-state index contributed by atoms with van der Waals surface area (Å²) in [6.45, 7) is 6.55. The number of hydrogen-bond acceptors (Lipinski definition) is 1. The molecule has 0 aliphatic heterocycles. The lowest BCUT2D eigenvalue weighted by molar-refractivity contribution is 1.18. The third-order valence-corrected chi connectivity index (χ3v) is 4.04. The van der Waals surface area contributed by atoms with Gasteiger partial charge >= 0.3 is 0 Å². The highest BCUT2D eigenvalue weighted by Gasteiger charge is 2.10. The van der Waals surface area contributed by atoms with E-state index in [2.05, 4.69) is 57.2 Å². The van der Waals surface area contributed by atoms with Gasteiger partial charge in [0.2, 0.25) is 0 Å². The fourth-order valence-electron chi connectivity index (χ4n) is 1.98. The third-order valence-electron chi connectivity index (χ3n) is 2.57. The maximum atomic E-state index is 2.26. The second-order valence-corrected chi connectivity index (χ2v) is 5.27. The fraction of sp³-hybridized carbons (Fsp3) is 0.286. The second kappa shape index (κ2) is 4.28. The maximum Gasteiger partial charge on any atom is 0.0461 e. The van der Waals surface area contributed by atoms with E-state index in [0.717, 1.165) is 0 Å². The van der Waals surface area contributed by atoms with Crippen LogP contribution in [0.4, 0.5) is 0 Å². The van der Waals surface area contributed by atoms with E-state index in [4.69, 9.17) is 0 Å². The largest absolute Gasteiger partial charge is 0.114 e. The van der Waals surface area contributed by atoms with Crippen LogP contribution < -0.4 is 0 Å². The van der Waals surface area contributed by atoms with Gasteiger partial charge in [0.1, 0.15) is 0 Å². The van der Waals surface area contributed by atoms with Crippen LogP contribution in [0, 0.1) is 20.8 Å². The highest BCUT2D eigenvalue weighted by Crippen LogP contribution is 2.33. The molecule has 0 radical (unpaired) electrons. The smallest absolute Gasteiger partial charge is 0.0461 e. The highest BCUT2D eigenvalue weighted by molar-refractivity contribution is 8.00. The van der Waals surface area contributed by atoms with Crippen LogP contribution in [0.5, 0.6) is 0 Å². The Bertz CT molecular complexity index is 392. The summed E-state index contributed by atoms with van der Waals surface area (Å²) in [5, 5.41) is 0.519. The number of rotatable bonds is 2. The fourth-order valence-corrected chi connectivity index (χ4v) is 3.08. The molecule has 0 spiro atoms. The van der Waals surface area contributed by atoms with Crippen molar-refractivity contribution in [3.8, 4) is 0 Å². The lowest BCUT2D eigenvalue weighted by atomic mass is 10.1. The number of thioether (sulfide) groups is 1. The van der Waals surface area contributed by atoms with E-state index < -0.39 is 0 Å². The molecule has 1 heteroatoms. The number of aryl methyl sites for hydroxylation is 3. The van der Waals surface area contributed by atoms with Gasteiger partial charge in [0.05, 0.1) is 0 Å². The lowest BCUT2D eigenvalue weighted by Crippen LogP contribution is -1.94. The Hall–Kier alpha value is -0.950. The zero-order valence-corrected chi connectivity index (χ0v) is 10.3. The first kappa shape index (κ1) is 10.6. The summed E-state index contributed by atoms with van der Waals surface area (Å²) in [6, 6.07) is 4.52. The van der Waals surface area contributed by atoms with Crippen molar-refractivity contribution in [1.29, 1.82) is 0 Å². The second-order valence-electron chi connectivity index (χ2n) is 4.08. The van der Waals surface area contributed by atoms with E-state index >= 15 is 0 Å². The SMILES string of the molecule is Cc1cc(C)c(SC2C=CC=C2)c(C)c1. The van der Waals surface area contributed by atoms with Crippen molar-refractivity contribution in [2.45, 2.75) is 30.9 Å². The summed E-state index contributed by atoms with van der Waals surface area (Å²) in [7, 11) is 0. The van der Waals surface area contributed by atoms with Gasteiger partial charge < -0.3 is 0 Å². The summed E-state index contributed by atoms with van der Waals surface area (Å²) in [5.74, 6) is 0. The zero-order chi connectivity index (χ0) is 10.8. The molecule has 0 saturated heterocycles. The van der Waals surface area contributed by atoms with Crippen molar-refractivity contribution in [2.75, 3.05) is 0 Å². The first-order valence-electron chi connectivity index (χ1n) is 5.26. The standard InChI is InChI=1S/C14H16S/c1-10-8-11(2)14(12(3)9-10)15-13-6-4-5-7-13/h4-9,13H,1-3H3. The number of benzene rings is 1. The molecule has 2 rings (SSSR count). The molecule has 0 N–H and O–H groups in total. The molecule has 78 valence electrons. The molecule has 0 saturated carbocycles. The van der Waals surface area contributed by atoms with Gasteiger partial charge in [-0.3, -0.25) is 0 Å². The Balaban J connectivity index is 2.27. The van der Waals surface area contributed by atoms with E-state index in [0.29, 0.717) is 5.25 Å². The van der Waals surface area contributed by atoms with Gasteiger partial charge in [-0.05, 0) is 31.9 Å². The van der Waals surface area contributed by atoms with Crippen LogP contribution in [0.1, 0.15) is 16.7 Å². The predicted octanol–water partition coefficient (Wildman–Crippen LogP) is 4.20. The quantitative estimate of drug-likeness (QED) is 0.714. The topological polar surface area (TPSA) is 0 Å². The molecule has 1 aliphatic rings. The number of allylic oxidation sites excluding steroid dienone is 2. The van der Waals surface area contributed by atoms with E-state index in [1.807, 2.05) is 11.8 Å². The van der Waals surface area contributed by atoms with Crippen LogP contribution in [0.2, 0.25) is 0 Å². The molecule has 1 aromatic rings. The van der Waals surface area contributed by atoms with E-state index in [1.165, 1.54) is 21.6 Å². The Kier molecular flexibility index (Phi) is 3.01. The van der Waals surface area contributed by atoms with Crippen LogP contribution in [-0.4, -0.2) is 5.25 Å². The van der Waals surface area contributed by atoms with Gasteiger partial charge in [-0.15, -0.1) is 11.8 Å². The van der Waals surface area contributed by atoms with Crippen molar-refractivity contribution in [2.24, 2.45) is 0 Å². The van der Waals surface area contributed by atoms with Gasteiger partial charge in [-0.1, -0.05) is 42.0 Å². The molecular formula is C14H16S. The molecule has 0 nitrogen and oxygen atoms in total. The average molecular weight is 216 g/mol. The van der Waals surface area contributed by atoms with Crippen molar-refractivity contribution < 1.29 is 0 Å². The van der Waals surface area contributed by atoms with E-state index in [1.54, 1.807) is 0 Å². The van der Waals surface area contributed by atoms with E-state index in [9.17, 15) is 0 Å². The third kappa shape index (κ3) is 2.35. The predicted molar refractivity (Wildman–Crippen MR) is 68.6 cm³/mol. The minimum absolute atomic E-state index is 0.519. The molecule has 0 aromatic heterocycles. The van der Waals surface area contributed by atoms with Gasteiger partial charge in [0.25, 0.3) is 0 Å². The van der Waals surface area contributed by atoms with Crippen LogP contribution in [0.3, 0.4) is 0 Å². The van der Waals surface area contributed by atoms with Crippen molar-refractivity contribution in [3.05, 3.63) is 53.1 Å². The van der Waals surface area contributed by atoms with E-state index in [-0.39, 0.29) is 0 Å². The van der Waals surface area contributed by atoms with Gasteiger partial charge in [0.15, 0.2) is 0 Å². The Morgan fingerprint density at radius 3 is 2.00 bits per heavy atom. The van der Waals surface area contributed by atoms with Crippen LogP contribution >= 0.6 is 11.8 Å². The summed E-state index contributed by atoms with van der Waals surface area (Å²) >= 11 is 1.94. The Morgan fingerprint density at radius 1 is 0.933 bits per heavy atom. The molecule has 0 amide bonds. The first-order chi connectivity index (χ1) is 7.16. The van der Waals surface area contributed by atoms with Gasteiger partial charge in [-0.2, -0.15) is 0 Å². The monoisotopic (exact) mass is 216 g/mol. The summed E-state index contributed by atoms with van der Waals surface area (Å²) in [4.78, 5) is 1.43. The molecule has 0 unspecified atom stereocenters. The molecular weight excluding hydrogens is 200 g/mol. The molecule has 0 atom stereocenters. The molecule has 0 bridgehead atoms. The summed E-state index contributed by atoms with van der Waals surface area (Å²) < 4.78 is 0. The van der Waals surface area contributed by atoms with Crippen LogP contribution in [-0.2, 0) is 0 Å². The zero-order valence-electron chi connectivity index (χ0n) is 9.45. The normalized spacial score (nSPS) is 15.1.